The number of aromatic nitrogens is 2. The number of ether oxygens (including phenoxy) is 4. The molecule has 1 unspecified atom stereocenters. The number of esters is 1. The van der Waals surface area contributed by atoms with Gasteiger partial charge in [0.25, 0.3) is 0 Å². The number of para-hydroxylation sites is 1. The molecule has 278 valence electrons. The Labute approximate surface area is 318 Å². The summed E-state index contributed by atoms with van der Waals surface area (Å²) in [6, 6.07) is 18.0. The fourth-order valence-electron chi connectivity index (χ4n) is 7.46. The molecule has 0 spiro atoms. The van der Waals surface area contributed by atoms with Gasteiger partial charge in [0.2, 0.25) is 12.0 Å². The Balaban J connectivity index is 1.32. The van der Waals surface area contributed by atoms with Crippen LogP contribution >= 0.6 is 22.9 Å². The molecule has 12 heteroatoms. The quantitative estimate of drug-likeness (QED) is 0.110. The highest BCUT2D eigenvalue weighted by molar-refractivity contribution is 7.22. The first kappa shape index (κ1) is 37.0. The van der Waals surface area contributed by atoms with Gasteiger partial charge in [-0.15, -0.1) is 11.3 Å². The van der Waals surface area contributed by atoms with Crippen molar-refractivity contribution >= 4 is 39.1 Å². The Kier molecular flexibility index (Phi) is 11.2. The van der Waals surface area contributed by atoms with Gasteiger partial charge in [0.05, 0.1) is 24.1 Å². The summed E-state index contributed by atoms with van der Waals surface area (Å²) in [5.74, 6) is 0.721. The van der Waals surface area contributed by atoms with Crippen molar-refractivity contribution in [1.29, 1.82) is 0 Å². The molecule has 0 bridgehead atoms. The molecule has 1 aliphatic heterocycles. The van der Waals surface area contributed by atoms with Crippen molar-refractivity contribution in [3.8, 4) is 38.9 Å². The highest BCUT2D eigenvalue weighted by Crippen LogP contribution is 2.53. The van der Waals surface area contributed by atoms with Crippen molar-refractivity contribution in [2.45, 2.75) is 44.6 Å². The monoisotopic (exact) mass is 758 g/mol. The molecule has 2 aromatic heterocycles. The number of carbonyl (C=O) groups excluding carboxylic acids is 1. The summed E-state index contributed by atoms with van der Waals surface area (Å²) in [5.41, 5.74) is 3.38. The number of likely N-dealkylation sites (N-methyl/N-ethyl adjacent to an activating group) is 1. The molecule has 2 fully saturated rings. The zero-order valence-corrected chi connectivity index (χ0v) is 32.1. The standard InChI is InChI=1S/C41H44ClFN4O5S/c1-5-50-40(48)37(41(17-8-18-41)30-9-6-7-10-31(30)49-4)52-38-34-33(36(53-39(34)45-25-44-38)27-11-13-28(43)14-12-27)29-15-16-32(35(42)26(29)2)51-24-23-47-21-19-46(3)20-22-47/h6-7,9-16,25,37H,5,8,17-24H2,1-4H3. The molecule has 3 aromatic carbocycles. The molecule has 2 aliphatic rings. The smallest absolute Gasteiger partial charge is 0.348 e. The van der Waals surface area contributed by atoms with Crippen LogP contribution in [0.15, 0.2) is 67.0 Å². The lowest BCUT2D eigenvalue weighted by molar-refractivity contribution is -0.157. The predicted octanol–water partition coefficient (Wildman–Crippen LogP) is 8.19. The van der Waals surface area contributed by atoms with Crippen LogP contribution in [-0.4, -0.2) is 91.9 Å². The average molecular weight is 759 g/mol. The summed E-state index contributed by atoms with van der Waals surface area (Å²) in [6.07, 6.45) is 2.74. The molecule has 1 atom stereocenters. The third kappa shape index (κ3) is 7.32. The third-order valence-corrected chi connectivity index (χ3v) is 12.2. The van der Waals surface area contributed by atoms with E-state index in [1.807, 2.05) is 43.3 Å². The SMILES string of the molecule is CCOC(=O)C(Oc1ncnc2sc(-c3ccc(F)cc3)c(-c3ccc(OCCN4CCN(C)CC4)c(Cl)c3C)c12)C1(c2ccccc2OC)CCC1. The van der Waals surface area contributed by atoms with Gasteiger partial charge in [-0.1, -0.05) is 54.4 Å². The minimum Gasteiger partial charge on any atom is -0.496 e. The van der Waals surface area contributed by atoms with E-state index >= 15 is 0 Å². The number of rotatable bonds is 13. The second kappa shape index (κ2) is 16.0. The molecule has 9 nitrogen and oxygen atoms in total. The van der Waals surface area contributed by atoms with Crippen LogP contribution in [0, 0.1) is 12.7 Å². The van der Waals surface area contributed by atoms with Gasteiger partial charge in [-0.3, -0.25) is 4.90 Å². The van der Waals surface area contributed by atoms with E-state index in [-0.39, 0.29) is 18.3 Å². The molecular weight excluding hydrogens is 715 g/mol. The largest absolute Gasteiger partial charge is 0.496 e. The number of piperazine rings is 1. The van der Waals surface area contributed by atoms with Crippen LogP contribution in [-0.2, 0) is 14.9 Å². The van der Waals surface area contributed by atoms with Crippen LogP contribution in [0.25, 0.3) is 31.8 Å². The van der Waals surface area contributed by atoms with Crippen molar-refractivity contribution in [3.63, 3.8) is 0 Å². The number of carbonyl (C=O) groups is 1. The fraction of sp³-hybridized carbons (Fsp3) is 0.390. The molecule has 0 N–H and O–H groups in total. The first-order valence-corrected chi connectivity index (χ1v) is 19.3. The molecule has 0 radical (unpaired) electrons. The molecule has 0 amide bonds. The van der Waals surface area contributed by atoms with Crippen LogP contribution in [0.4, 0.5) is 4.39 Å². The van der Waals surface area contributed by atoms with Crippen LogP contribution in [0.3, 0.4) is 0 Å². The second-order valence-electron chi connectivity index (χ2n) is 13.7. The van der Waals surface area contributed by atoms with Gasteiger partial charge < -0.3 is 23.8 Å². The predicted molar refractivity (Wildman–Crippen MR) is 207 cm³/mol. The van der Waals surface area contributed by atoms with E-state index in [0.717, 1.165) is 71.8 Å². The van der Waals surface area contributed by atoms with Crippen molar-refractivity contribution < 1.29 is 28.1 Å². The lowest BCUT2D eigenvalue weighted by Gasteiger charge is -2.46. The maximum Gasteiger partial charge on any atom is 0.348 e. The van der Waals surface area contributed by atoms with Gasteiger partial charge in [0, 0.05) is 54.1 Å². The van der Waals surface area contributed by atoms with Gasteiger partial charge in [0.1, 0.15) is 35.1 Å². The molecule has 1 aliphatic carbocycles. The van der Waals surface area contributed by atoms with Crippen molar-refractivity contribution in [3.05, 3.63) is 89.0 Å². The number of hydrogen-bond acceptors (Lipinski definition) is 10. The summed E-state index contributed by atoms with van der Waals surface area (Å²) in [7, 11) is 3.77. The normalized spacial score (nSPS) is 16.6. The molecule has 3 heterocycles. The molecule has 53 heavy (non-hydrogen) atoms. The summed E-state index contributed by atoms with van der Waals surface area (Å²) < 4.78 is 38.7. The summed E-state index contributed by atoms with van der Waals surface area (Å²) in [4.78, 5) is 29.5. The molecular formula is C41H44ClFN4O5S. The zero-order valence-electron chi connectivity index (χ0n) is 30.5. The zero-order chi connectivity index (χ0) is 37.1. The summed E-state index contributed by atoms with van der Waals surface area (Å²) in [5, 5.41) is 1.13. The van der Waals surface area contributed by atoms with Gasteiger partial charge in [-0.25, -0.2) is 19.2 Å². The van der Waals surface area contributed by atoms with Crippen molar-refractivity contribution in [1.82, 2.24) is 19.8 Å². The first-order chi connectivity index (χ1) is 25.7. The number of thiophene rings is 1. The topological polar surface area (TPSA) is 86.2 Å². The van der Waals surface area contributed by atoms with E-state index in [1.165, 1.54) is 29.8 Å². The molecule has 7 rings (SSSR count). The number of methoxy groups -OCH3 is 1. The number of nitrogens with zero attached hydrogens (tertiary/aromatic N) is 4. The highest BCUT2D eigenvalue weighted by Gasteiger charge is 2.53. The molecule has 1 saturated carbocycles. The fourth-order valence-corrected chi connectivity index (χ4v) is 8.83. The van der Waals surface area contributed by atoms with E-state index in [0.29, 0.717) is 46.2 Å². The average Bonchev–Trinajstić information content (AvgIpc) is 3.54. The van der Waals surface area contributed by atoms with Gasteiger partial charge in [-0.05, 0) is 74.7 Å². The van der Waals surface area contributed by atoms with Crippen molar-refractivity contribution in [2.75, 3.05) is 60.1 Å². The van der Waals surface area contributed by atoms with Crippen molar-refractivity contribution in [2.24, 2.45) is 0 Å². The minimum atomic E-state index is -1.02. The maximum atomic E-state index is 14.2. The Morgan fingerprint density at radius 2 is 1.77 bits per heavy atom. The van der Waals surface area contributed by atoms with Crippen LogP contribution < -0.4 is 14.2 Å². The minimum absolute atomic E-state index is 0.194. The van der Waals surface area contributed by atoms with E-state index in [9.17, 15) is 9.18 Å². The van der Waals surface area contributed by atoms with E-state index in [4.69, 9.17) is 30.5 Å². The number of benzene rings is 3. The Bertz CT molecular complexity index is 2080. The van der Waals surface area contributed by atoms with Crippen LogP contribution in [0.1, 0.15) is 37.3 Å². The molecule has 5 aromatic rings. The summed E-state index contributed by atoms with van der Waals surface area (Å²) >= 11 is 8.53. The maximum absolute atomic E-state index is 14.2. The molecule has 1 saturated heterocycles. The highest BCUT2D eigenvalue weighted by atomic mass is 35.5. The third-order valence-electron chi connectivity index (χ3n) is 10.6. The summed E-state index contributed by atoms with van der Waals surface area (Å²) in [6.45, 7) is 9.35. The van der Waals surface area contributed by atoms with Gasteiger partial charge in [0.15, 0.2) is 0 Å². The Hall–Kier alpha value is -4.29. The Morgan fingerprint density at radius 1 is 1.02 bits per heavy atom. The van der Waals surface area contributed by atoms with Crippen LogP contribution in [0.2, 0.25) is 5.02 Å². The van der Waals surface area contributed by atoms with E-state index in [1.54, 1.807) is 26.2 Å². The first-order valence-electron chi connectivity index (χ1n) is 18.1. The lowest BCUT2D eigenvalue weighted by atomic mass is 9.60. The Morgan fingerprint density at radius 3 is 2.47 bits per heavy atom. The lowest BCUT2D eigenvalue weighted by Crippen LogP contribution is -2.53. The number of halogens is 2. The van der Waals surface area contributed by atoms with Gasteiger partial charge >= 0.3 is 5.97 Å². The van der Waals surface area contributed by atoms with Crippen LogP contribution in [0.5, 0.6) is 17.4 Å². The van der Waals surface area contributed by atoms with Gasteiger partial charge in [-0.2, -0.15) is 0 Å². The number of fused-ring (bicyclic) bond motifs is 1. The second-order valence-corrected chi connectivity index (χ2v) is 15.1. The number of hydrogen-bond donors (Lipinski definition) is 0. The van der Waals surface area contributed by atoms with E-state index in [2.05, 4.69) is 26.8 Å². The van der Waals surface area contributed by atoms with E-state index < -0.39 is 17.5 Å².